The van der Waals surface area contributed by atoms with Crippen molar-refractivity contribution in [3.8, 4) is 5.75 Å². The molecule has 5 heteroatoms. The molecule has 1 aromatic rings. The number of hydrogen-bond donors (Lipinski definition) is 4. The van der Waals surface area contributed by atoms with Crippen LogP contribution in [0, 0.1) is 5.92 Å². The summed E-state index contributed by atoms with van der Waals surface area (Å²) in [6, 6.07) is 4.97. The maximum Gasteiger partial charge on any atom is 0.307 e. The Morgan fingerprint density at radius 3 is 2.81 bits per heavy atom. The van der Waals surface area contributed by atoms with E-state index in [-0.39, 0.29) is 17.7 Å². The second kappa shape index (κ2) is 4.02. The molecule has 0 amide bonds. The highest BCUT2D eigenvalue weighted by atomic mass is 16.4. The Morgan fingerprint density at radius 1 is 1.50 bits per heavy atom. The van der Waals surface area contributed by atoms with Crippen molar-refractivity contribution in [1.29, 1.82) is 0 Å². The summed E-state index contributed by atoms with van der Waals surface area (Å²) in [5, 5.41) is 21.3. The van der Waals surface area contributed by atoms with Crippen LogP contribution in [0.25, 0.3) is 0 Å². The molecule has 5 N–H and O–H groups in total. The predicted octanol–water partition coefficient (Wildman–Crippen LogP) is 0.710. The fraction of sp³-hybridized carbons (Fsp3) is 0.364. The summed E-state index contributed by atoms with van der Waals surface area (Å²) in [5.41, 5.74) is 6.82. The van der Waals surface area contributed by atoms with Gasteiger partial charge < -0.3 is 21.3 Å². The molecular formula is C11H14N2O3. The zero-order valence-electron chi connectivity index (χ0n) is 8.68. The fourth-order valence-corrected chi connectivity index (χ4v) is 1.97. The van der Waals surface area contributed by atoms with Gasteiger partial charge in [0.1, 0.15) is 5.75 Å². The number of carboxylic acid groups (broad SMARTS) is 1. The first-order chi connectivity index (χ1) is 7.58. The molecule has 1 aliphatic rings. The first kappa shape index (κ1) is 10.8. The number of hydrogen-bond acceptors (Lipinski definition) is 4. The van der Waals surface area contributed by atoms with Crippen molar-refractivity contribution in [2.75, 3.05) is 12.3 Å². The van der Waals surface area contributed by atoms with Gasteiger partial charge in [-0.1, -0.05) is 6.07 Å². The summed E-state index contributed by atoms with van der Waals surface area (Å²) < 4.78 is 0. The molecule has 0 spiro atoms. The van der Waals surface area contributed by atoms with Crippen molar-refractivity contribution < 1.29 is 15.0 Å². The van der Waals surface area contributed by atoms with E-state index in [0.717, 1.165) is 5.56 Å². The van der Waals surface area contributed by atoms with E-state index in [1.54, 1.807) is 12.1 Å². The van der Waals surface area contributed by atoms with Crippen molar-refractivity contribution in [2.24, 2.45) is 5.92 Å². The second-order valence-electron chi connectivity index (χ2n) is 4.05. The molecule has 2 unspecified atom stereocenters. The van der Waals surface area contributed by atoms with Crippen LogP contribution < -0.4 is 11.1 Å². The minimum absolute atomic E-state index is 0.00370. The van der Waals surface area contributed by atoms with Crippen molar-refractivity contribution in [3.05, 3.63) is 23.8 Å². The van der Waals surface area contributed by atoms with E-state index < -0.39 is 5.97 Å². The number of rotatable bonds is 2. The van der Waals surface area contributed by atoms with Crippen LogP contribution in [0.1, 0.15) is 18.0 Å². The molecule has 1 saturated heterocycles. The number of aromatic hydroxyl groups is 1. The fourth-order valence-electron chi connectivity index (χ4n) is 1.97. The summed E-state index contributed by atoms with van der Waals surface area (Å²) in [4.78, 5) is 10.8. The number of carboxylic acids is 1. The Bertz CT molecular complexity index is 420. The molecular weight excluding hydrogens is 208 g/mol. The SMILES string of the molecule is Nc1cc(C2CC(C(=O)O)CN2)ccc1O. The van der Waals surface area contributed by atoms with E-state index >= 15 is 0 Å². The van der Waals surface area contributed by atoms with Gasteiger partial charge in [0.15, 0.2) is 0 Å². The highest BCUT2D eigenvalue weighted by Crippen LogP contribution is 2.30. The molecule has 86 valence electrons. The van der Waals surface area contributed by atoms with Gasteiger partial charge in [-0.25, -0.2) is 0 Å². The number of nitrogen functional groups attached to an aromatic ring is 1. The zero-order valence-corrected chi connectivity index (χ0v) is 8.68. The average Bonchev–Trinajstić information content (AvgIpc) is 2.71. The topological polar surface area (TPSA) is 95.6 Å². The Hall–Kier alpha value is -1.75. The third kappa shape index (κ3) is 1.94. The number of aliphatic carboxylic acids is 1. The number of benzene rings is 1. The number of nitrogens with two attached hydrogens (primary N) is 1. The van der Waals surface area contributed by atoms with Crippen LogP contribution in [-0.2, 0) is 4.79 Å². The standard InChI is InChI=1S/C11H14N2O3/c12-8-3-6(1-2-10(8)14)9-4-7(5-13-9)11(15)16/h1-3,7,9,13-14H,4-5,12H2,(H,15,16). The molecule has 16 heavy (non-hydrogen) atoms. The van der Waals surface area contributed by atoms with Crippen molar-refractivity contribution in [2.45, 2.75) is 12.5 Å². The van der Waals surface area contributed by atoms with E-state index in [2.05, 4.69) is 5.32 Å². The highest BCUT2D eigenvalue weighted by Gasteiger charge is 2.30. The molecule has 0 aliphatic carbocycles. The van der Waals surface area contributed by atoms with Gasteiger partial charge in [-0.2, -0.15) is 0 Å². The minimum atomic E-state index is -0.776. The Labute approximate surface area is 92.9 Å². The number of nitrogens with one attached hydrogen (secondary N) is 1. The van der Waals surface area contributed by atoms with E-state index in [9.17, 15) is 9.90 Å². The lowest BCUT2D eigenvalue weighted by Crippen LogP contribution is -2.17. The Morgan fingerprint density at radius 2 is 2.25 bits per heavy atom. The highest BCUT2D eigenvalue weighted by molar-refractivity contribution is 5.71. The van der Waals surface area contributed by atoms with Crippen LogP contribution in [0.4, 0.5) is 5.69 Å². The first-order valence-electron chi connectivity index (χ1n) is 5.12. The van der Waals surface area contributed by atoms with E-state index in [4.69, 9.17) is 10.8 Å². The number of carbonyl (C=O) groups is 1. The lowest BCUT2D eigenvalue weighted by molar-refractivity contribution is -0.141. The Kier molecular flexibility index (Phi) is 2.70. The van der Waals surface area contributed by atoms with Crippen LogP contribution in [0.15, 0.2) is 18.2 Å². The quantitative estimate of drug-likeness (QED) is 0.436. The summed E-state index contributed by atoms with van der Waals surface area (Å²) in [5.74, 6) is -1.07. The van der Waals surface area contributed by atoms with Gasteiger partial charge in [-0.3, -0.25) is 4.79 Å². The predicted molar refractivity (Wildman–Crippen MR) is 59.0 cm³/mol. The van der Waals surface area contributed by atoms with E-state index in [1.807, 2.05) is 0 Å². The van der Waals surface area contributed by atoms with Crippen molar-refractivity contribution >= 4 is 11.7 Å². The van der Waals surface area contributed by atoms with Crippen LogP contribution in [-0.4, -0.2) is 22.7 Å². The van der Waals surface area contributed by atoms with Gasteiger partial charge in [0.25, 0.3) is 0 Å². The molecule has 1 fully saturated rings. The second-order valence-corrected chi connectivity index (χ2v) is 4.05. The summed E-state index contributed by atoms with van der Waals surface area (Å²) >= 11 is 0. The van der Waals surface area contributed by atoms with Gasteiger partial charge in [0, 0.05) is 12.6 Å². The number of phenols is 1. The lowest BCUT2D eigenvalue weighted by atomic mass is 9.99. The monoisotopic (exact) mass is 222 g/mol. The van der Waals surface area contributed by atoms with Crippen molar-refractivity contribution in [1.82, 2.24) is 5.32 Å². The average molecular weight is 222 g/mol. The van der Waals surface area contributed by atoms with Crippen LogP contribution in [0.5, 0.6) is 5.75 Å². The Balaban J connectivity index is 2.14. The number of anilines is 1. The van der Waals surface area contributed by atoms with Gasteiger partial charge >= 0.3 is 5.97 Å². The van der Waals surface area contributed by atoms with Crippen LogP contribution in [0.3, 0.4) is 0 Å². The van der Waals surface area contributed by atoms with E-state index in [0.29, 0.717) is 18.7 Å². The van der Waals surface area contributed by atoms with Gasteiger partial charge in [-0.05, 0) is 24.1 Å². The third-order valence-corrected chi connectivity index (χ3v) is 2.93. The van der Waals surface area contributed by atoms with Gasteiger partial charge in [-0.15, -0.1) is 0 Å². The molecule has 2 atom stereocenters. The molecule has 5 nitrogen and oxygen atoms in total. The maximum absolute atomic E-state index is 10.8. The normalized spacial score (nSPS) is 24.5. The third-order valence-electron chi connectivity index (χ3n) is 2.93. The summed E-state index contributed by atoms with van der Waals surface area (Å²) in [6.07, 6.45) is 0.555. The lowest BCUT2D eigenvalue weighted by Gasteiger charge is -2.11. The molecule has 0 radical (unpaired) electrons. The first-order valence-corrected chi connectivity index (χ1v) is 5.12. The molecule has 0 aromatic heterocycles. The smallest absolute Gasteiger partial charge is 0.307 e. The zero-order chi connectivity index (χ0) is 11.7. The summed E-state index contributed by atoms with van der Waals surface area (Å²) in [6.45, 7) is 0.473. The number of phenolic OH excluding ortho intramolecular Hbond substituents is 1. The summed E-state index contributed by atoms with van der Waals surface area (Å²) in [7, 11) is 0. The van der Waals surface area contributed by atoms with E-state index in [1.165, 1.54) is 6.07 Å². The van der Waals surface area contributed by atoms with Gasteiger partial charge in [0.2, 0.25) is 0 Å². The molecule has 0 saturated carbocycles. The largest absolute Gasteiger partial charge is 0.506 e. The maximum atomic E-state index is 10.8. The van der Waals surface area contributed by atoms with Crippen molar-refractivity contribution in [3.63, 3.8) is 0 Å². The van der Waals surface area contributed by atoms with Crippen LogP contribution >= 0.6 is 0 Å². The molecule has 1 aromatic carbocycles. The van der Waals surface area contributed by atoms with Gasteiger partial charge in [0.05, 0.1) is 11.6 Å². The van der Waals surface area contributed by atoms with Crippen LogP contribution in [0.2, 0.25) is 0 Å². The molecule has 0 bridgehead atoms. The molecule has 1 aliphatic heterocycles. The molecule has 2 rings (SSSR count). The molecule has 1 heterocycles. The minimum Gasteiger partial charge on any atom is -0.506 e.